The molecule has 0 aliphatic carbocycles. The number of hydrogen-bond donors (Lipinski definition) is 1. The van der Waals surface area contributed by atoms with Crippen molar-refractivity contribution in [1.82, 2.24) is 9.80 Å². The lowest BCUT2D eigenvalue weighted by molar-refractivity contribution is -0.386. The third-order valence-corrected chi connectivity index (χ3v) is 4.40. The number of aliphatic hydroxyl groups excluding tert-OH is 1. The van der Waals surface area contributed by atoms with Crippen molar-refractivity contribution >= 4 is 11.6 Å². The number of piperazine rings is 1. The van der Waals surface area contributed by atoms with Crippen LogP contribution in [0.1, 0.15) is 27.0 Å². The minimum absolute atomic E-state index is 0.0258. The van der Waals surface area contributed by atoms with Crippen molar-refractivity contribution in [3.05, 3.63) is 38.4 Å². The van der Waals surface area contributed by atoms with E-state index in [4.69, 9.17) is 5.11 Å². The highest BCUT2D eigenvalue weighted by Crippen LogP contribution is 2.29. The van der Waals surface area contributed by atoms with Crippen LogP contribution in [-0.2, 0) is 0 Å². The highest BCUT2D eigenvalue weighted by molar-refractivity contribution is 5.98. The van der Waals surface area contributed by atoms with Crippen LogP contribution in [0.25, 0.3) is 0 Å². The molecule has 1 aromatic rings. The third-order valence-electron chi connectivity index (χ3n) is 4.40. The number of nitro groups is 1. The minimum atomic E-state index is -0.417. The molecule has 1 aliphatic heterocycles. The minimum Gasteiger partial charge on any atom is -0.395 e. The summed E-state index contributed by atoms with van der Waals surface area (Å²) in [5, 5.41) is 20.2. The summed E-state index contributed by atoms with van der Waals surface area (Å²) in [5.74, 6) is -0.147. The van der Waals surface area contributed by atoms with E-state index >= 15 is 0 Å². The van der Waals surface area contributed by atoms with Gasteiger partial charge in [0.1, 0.15) is 0 Å². The Hall–Kier alpha value is -1.99. The molecule has 7 heteroatoms. The van der Waals surface area contributed by atoms with E-state index in [0.29, 0.717) is 49.4 Å². The van der Waals surface area contributed by atoms with Gasteiger partial charge in [-0.3, -0.25) is 19.8 Å². The molecule has 0 aromatic heterocycles. The summed E-state index contributed by atoms with van der Waals surface area (Å²) in [7, 11) is 0. The second-order valence-corrected chi connectivity index (χ2v) is 5.97. The largest absolute Gasteiger partial charge is 0.395 e. The SMILES string of the molecule is Cc1cc(C)c([N+](=O)[O-])c(C)c1C(=O)N1CCN(CCO)CC1. The zero-order chi connectivity index (χ0) is 17.1. The second-order valence-electron chi connectivity index (χ2n) is 5.97. The monoisotopic (exact) mass is 321 g/mol. The number of carbonyl (C=O) groups is 1. The molecule has 1 N–H and O–H groups in total. The first-order chi connectivity index (χ1) is 10.9. The number of β-amino-alcohol motifs (C(OH)–C–C–N with tert-alkyl or cyclic N) is 1. The Morgan fingerprint density at radius 1 is 1.22 bits per heavy atom. The zero-order valence-corrected chi connectivity index (χ0v) is 13.8. The number of amides is 1. The van der Waals surface area contributed by atoms with E-state index in [9.17, 15) is 14.9 Å². The summed E-state index contributed by atoms with van der Waals surface area (Å²) in [6, 6.07) is 1.71. The molecule has 0 atom stereocenters. The summed E-state index contributed by atoms with van der Waals surface area (Å²) in [6.45, 7) is 8.42. The average molecular weight is 321 g/mol. The molecule has 1 aromatic carbocycles. The van der Waals surface area contributed by atoms with E-state index in [0.717, 1.165) is 5.56 Å². The van der Waals surface area contributed by atoms with Crippen molar-refractivity contribution in [3.63, 3.8) is 0 Å². The van der Waals surface area contributed by atoms with Crippen LogP contribution in [0.15, 0.2) is 6.07 Å². The summed E-state index contributed by atoms with van der Waals surface area (Å²) in [4.78, 5) is 27.5. The van der Waals surface area contributed by atoms with Gasteiger partial charge in [0.2, 0.25) is 0 Å². The molecule has 1 aliphatic rings. The first-order valence-corrected chi connectivity index (χ1v) is 7.74. The number of rotatable bonds is 4. The van der Waals surface area contributed by atoms with E-state index in [1.54, 1.807) is 24.8 Å². The van der Waals surface area contributed by atoms with Gasteiger partial charge in [-0.25, -0.2) is 0 Å². The van der Waals surface area contributed by atoms with Crippen molar-refractivity contribution < 1.29 is 14.8 Å². The molecule has 0 bridgehead atoms. The molecule has 7 nitrogen and oxygen atoms in total. The van der Waals surface area contributed by atoms with Crippen LogP contribution in [0.2, 0.25) is 0 Å². The molecule has 0 radical (unpaired) electrons. The van der Waals surface area contributed by atoms with Crippen LogP contribution in [0.3, 0.4) is 0 Å². The number of nitro benzene ring substituents is 1. The van der Waals surface area contributed by atoms with Crippen LogP contribution in [0, 0.1) is 30.9 Å². The first-order valence-electron chi connectivity index (χ1n) is 7.74. The number of aliphatic hydroxyl groups is 1. The van der Waals surface area contributed by atoms with Crippen LogP contribution < -0.4 is 0 Å². The fraction of sp³-hybridized carbons (Fsp3) is 0.562. The number of aryl methyl sites for hydroxylation is 2. The van der Waals surface area contributed by atoms with Gasteiger partial charge in [0.15, 0.2) is 0 Å². The lowest BCUT2D eigenvalue weighted by Gasteiger charge is -2.34. The Bertz CT molecular complexity index is 622. The van der Waals surface area contributed by atoms with Crippen molar-refractivity contribution in [1.29, 1.82) is 0 Å². The van der Waals surface area contributed by atoms with E-state index < -0.39 is 4.92 Å². The van der Waals surface area contributed by atoms with Crippen LogP contribution in [-0.4, -0.2) is 65.1 Å². The molecular formula is C16H23N3O4. The van der Waals surface area contributed by atoms with Gasteiger partial charge in [-0.1, -0.05) is 0 Å². The third kappa shape index (κ3) is 3.51. The molecule has 0 saturated carbocycles. The highest BCUT2D eigenvalue weighted by Gasteiger charge is 2.28. The maximum absolute atomic E-state index is 12.8. The number of benzene rings is 1. The lowest BCUT2D eigenvalue weighted by Crippen LogP contribution is -2.49. The lowest BCUT2D eigenvalue weighted by atomic mass is 9.96. The standard InChI is InChI=1S/C16H23N3O4/c1-11-10-12(2)15(19(22)23)13(3)14(11)16(21)18-6-4-17(5-7-18)8-9-20/h10,20H,4-9H2,1-3H3. The number of nitrogens with zero attached hydrogens (tertiary/aromatic N) is 3. The van der Waals surface area contributed by atoms with Gasteiger partial charge in [0, 0.05) is 43.9 Å². The van der Waals surface area contributed by atoms with E-state index in [1.807, 2.05) is 6.92 Å². The van der Waals surface area contributed by atoms with Crippen LogP contribution in [0.4, 0.5) is 5.69 Å². The first kappa shape index (κ1) is 17.4. The topological polar surface area (TPSA) is 86.9 Å². The van der Waals surface area contributed by atoms with Gasteiger partial charge in [-0.15, -0.1) is 0 Å². The molecule has 1 fully saturated rings. The summed E-state index contributed by atoms with van der Waals surface area (Å²) in [6.07, 6.45) is 0. The Morgan fingerprint density at radius 3 is 2.35 bits per heavy atom. The van der Waals surface area contributed by atoms with Gasteiger partial charge < -0.3 is 10.0 Å². The summed E-state index contributed by atoms with van der Waals surface area (Å²) >= 11 is 0. The molecule has 126 valence electrons. The normalized spacial score (nSPS) is 15.7. The summed E-state index contributed by atoms with van der Waals surface area (Å²) in [5.41, 5.74) is 2.26. The van der Waals surface area contributed by atoms with Gasteiger partial charge in [0.25, 0.3) is 11.6 Å². The maximum atomic E-state index is 12.8. The molecule has 0 spiro atoms. The predicted octanol–water partition coefficient (Wildman–Crippen LogP) is 1.27. The van der Waals surface area contributed by atoms with Gasteiger partial charge in [0.05, 0.1) is 17.1 Å². The van der Waals surface area contributed by atoms with Gasteiger partial charge in [-0.05, 0) is 32.4 Å². The van der Waals surface area contributed by atoms with E-state index in [-0.39, 0.29) is 18.2 Å². The summed E-state index contributed by atoms with van der Waals surface area (Å²) < 4.78 is 0. The number of hydrogen-bond acceptors (Lipinski definition) is 5. The predicted molar refractivity (Wildman–Crippen MR) is 86.7 cm³/mol. The Labute approximate surface area is 135 Å². The molecule has 23 heavy (non-hydrogen) atoms. The Balaban J connectivity index is 2.27. The molecular weight excluding hydrogens is 298 g/mol. The van der Waals surface area contributed by atoms with Crippen molar-refractivity contribution in [3.8, 4) is 0 Å². The van der Waals surface area contributed by atoms with E-state index in [2.05, 4.69) is 4.90 Å². The van der Waals surface area contributed by atoms with Gasteiger partial charge in [-0.2, -0.15) is 0 Å². The zero-order valence-electron chi connectivity index (χ0n) is 13.8. The van der Waals surface area contributed by atoms with E-state index in [1.165, 1.54) is 0 Å². The van der Waals surface area contributed by atoms with Crippen molar-refractivity contribution in [2.24, 2.45) is 0 Å². The van der Waals surface area contributed by atoms with Gasteiger partial charge >= 0.3 is 0 Å². The quantitative estimate of drug-likeness (QED) is 0.666. The second kappa shape index (κ2) is 7.06. The fourth-order valence-corrected chi connectivity index (χ4v) is 3.26. The van der Waals surface area contributed by atoms with Crippen molar-refractivity contribution in [2.45, 2.75) is 20.8 Å². The molecule has 0 unspecified atom stereocenters. The number of carbonyl (C=O) groups excluding carboxylic acids is 1. The molecule has 1 amide bonds. The molecule has 1 heterocycles. The average Bonchev–Trinajstić information content (AvgIpc) is 2.47. The highest BCUT2D eigenvalue weighted by atomic mass is 16.6. The Kier molecular flexibility index (Phi) is 5.33. The molecule has 2 rings (SSSR count). The molecule has 1 saturated heterocycles. The Morgan fingerprint density at radius 2 is 1.83 bits per heavy atom. The smallest absolute Gasteiger partial charge is 0.275 e. The van der Waals surface area contributed by atoms with Crippen LogP contribution >= 0.6 is 0 Å². The van der Waals surface area contributed by atoms with Crippen LogP contribution in [0.5, 0.6) is 0 Å². The fourth-order valence-electron chi connectivity index (χ4n) is 3.26. The van der Waals surface area contributed by atoms with Crippen molar-refractivity contribution in [2.75, 3.05) is 39.3 Å². The maximum Gasteiger partial charge on any atom is 0.275 e.